The number of hydrogen-bond donors (Lipinski definition) is 2. The Kier molecular flexibility index (Phi) is 5.58. The molecule has 8 nitrogen and oxygen atoms in total. The fraction of sp³-hybridized carbons (Fsp3) is 0.280. The van der Waals surface area contributed by atoms with Crippen molar-refractivity contribution in [1.82, 2.24) is 19.8 Å². The maximum Gasteiger partial charge on any atom is 0.276 e. The number of halogens is 2. The second-order valence-electron chi connectivity index (χ2n) is 9.02. The van der Waals surface area contributed by atoms with E-state index in [1.807, 2.05) is 0 Å². The van der Waals surface area contributed by atoms with Crippen molar-refractivity contribution in [3.8, 4) is 0 Å². The molecule has 1 aliphatic carbocycles. The maximum absolute atomic E-state index is 13.6. The van der Waals surface area contributed by atoms with Gasteiger partial charge in [-0.1, -0.05) is 18.2 Å². The van der Waals surface area contributed by atoms with Crippen molar-refractivity contribution in [3.05, 3.63) is 83.4 Å². The van der Waals surface area contributed by atoms with Gasteiger partial charge in [-0.25, -0.2) is 13.8 Å². The predicted molar refractivity (Wildman–Crippen MR) is 122 cm³/mol. The van der Waals surface area contributed by atoms with Crippen molar-refractivity contribution in [3.63, 3.8) is 0 Å². The molecule has 3 aromatic rings. The smallest absolute Gasteiger partial charge is 0.276 e. The molecule has 5 rings (SSSR count). The minimum Gasteiger partial charge on any atom is -0.350 e. The number of anilines is 1. The van der Waals surface area contributed by atoms with E-state index in [4.69, 9.17) is 0 Å². The summed E-state index contributed by atoms with van der Waals surface area (Å²) in [6.45, 7) is 1.98. The Morgan fingerprint density at radius 2 is 1.86 bits per heavy atom. The molecule has 10 heteroatoms. The van der Waals surface area contributed by atoms with Crippen molar-refractivity contribution < 1.29 is 23.2 Å². The van der Waals surface area contributed by atoms with Crippen LogP contribution in [0, 0.1) is 11.6 Å². The lowest BCUT2D eigenvalue weighted by Crippen LogP contribution is -2.64. The topological polar surface area (TPSA) is 96.3 Å². The number of amides is 3. The molecular weight excluding hydrogens is 456 g/mol. The van der Waals surface area contributed by atoms with Gasteiger partial charge in [-0.15, -0.1) is 0 Å². The van der Waals surface area contributed by atoms with Crippen LogP contribution in [0.1, 0.15) is 46.3 Å². The van der Waals surface area contributed by atoms with Crippen molar-refractivity contribution in [1.29, 1.82) is 0 Å². The quantitative estimate of drug-likeness (QED) is 0.568. The van der Waals surface area contributed by atoms with Crippen LogP contribution in [0.15, 0.2) is 54.9 Å². The molecule has 1 fully saturated rings. The Morgan fingerprint density at radius 3 is 2.54 bits per heavy atom. The summed E-state index contributed by atoms with van der Waals surface area (Å²) in [5, 5.41) is 5.43. The first-order valence-corrected chi connectivity index (χ1v) is 11.2. The number of nitrogens with zero attached hydrogens (tertiary/aromatic N) is 3. The standard InChI is InChI=1S/C25H23F2N5O3/c1-25(24(35)28-12-15-5-7-16(26)8-6-15)13-31-14-29-20(21(31)23(34)32(25)19-9-10-19)22(33)30-18-4-2-3-17(27)11-18/h2-8,11,14,19H,9-10,12-13H2,1H3,(H,28,35)(H,30,33). The highest BCUT2D eigenvalue weighted by molar-refractivity contribution is 6.11. The molecule has 1 aromatic heterocycles. The molecule has 1 unspecified atom stereocenters. The van der Waals surface area contributed by atoms with Gasteiger partial charge in [-0.2, -0.15) is 0 Å². The number of rotatable bonds is 6. The van der Waals surface area contributed by atoms with Gasteiger partial charge in [0.2, 0.25) is 5.91 Å². The molecule has 2 heterocycles. The molecule has 0 saturated heterocycles. The number of carbonyl (C=O) groups is 3. The highest BCUT2D eigenvalue weighted by Crippen LogP contribution is 2.39. The molecule has 0 radical (unpaired) electrons. The number of fused-ring (bicyclic) bond motifs is 1. The highest BCUT2D eigenvalue weighted by Gasteiger charge is 2.53. The van der Waals surface area contributed by atoms with Crippen molar-refractivity contribution in [2.75, 3.05) is 5.32 Å². The zero-order valence-electron chi connectivity index (χ0n) is 18.9. The van der Waals surface area contributed by atoms with Crippen LogP contribution in [-0.4, -0.2) is 43.8 Å². The van der Waals surface area contributed by atoms with E-state index < -0.39 is 23.2 Å². The minimum absolute atomic E-state index is 0.0846. The van der Waals surface area contributed by atoms with E-state index in [1.165, 1.54) is 47.3 Å². The zero-order valence-corrected chi connectivity index (χ0v) is 18.9. The number of hydrogen-bond acceptors (Lipinski definition) is 4. The van der Waals surface area contributed by atoms with Gasteiger partial charge in [-0.3, -0.25) is 14.4 Å². The van der Waals surface area contributed by atoms with Gasteiger partial charge in [0.1, 0.15) is 22.9 Å². The molecule has 180 valence electrons. The van der Waals surface area contributed by atoms with Crippen molar-refractivity contribution in [2.24, 2.45) is 0 Å². The van der Waals surface area contributed by atoms with Gasteiger partial charge in [0.15, 0.2) is 5.69 Å². The van der Waals surface area contributed by atoms with E-state index >= 15 is 0 Å². The Hall–Kier alpha value is -4.08. The van der Waals surface area contributed by atoms with E-state index in [-0.39, 0.29) is 47.9 Å². The average Bonchev–Trinajstić information content (AvgIpc) is 3.56. The van der Waals surface area contributed by atoms with Crippen LogP contribution in [0.2, 0.25) is 0 Å². The van der Waals surface area contributed by atoms with Crippen LogP contribution in [-0.2, 0) is 17.9 Å². The number of nitrogens with one attached hydrogen (secondary N) is 2. The summed E-state index contributed by atoms with van der Waals surface area (Å²) in [4.78, 5) is 45.6. The molecule has 0 bridgehead atoms. The summed E-state index contributed by atoms with van der Waals surface area (Å²) in [7, 11) is 0. The van der Waals surface area contributed by atoms with Crippen LogP contribution in [0.25, 0.3) is 0 Å². The predicted octanol–water partition coefficient (Wildman–Crippen LogP) is 3.11. The summed E-state index contributed by atoms with van der Waals surface area (Å²) in [5.74, 6) is -2.33. The van der Waals surface area contributed by atoms with E-state index in [0.717, 1.165) is 18.4 Å². The molecule has 2 aromatic carbocycles. The second kappa shape index (κ2) is 8.61. The van der Waals surface area contributed by atoms with Gasteiger partial charge in [0.05, 0.1) is 12.9 Å². The zero-order chi connectivity index (χ0) is 24.7. The largest absolute Gasteiger partial charge is 0.350 e. The lowest BCUT2D eigenvalue weighted by atomic mass is 9.93. The molecule has 1 aliphatic heterocycles. The second-order valence-corrected chi connectivity index (χ2v) is 9.02. The van der Waals surface area contributed by atoms with Crippen LogP contribution >= 0.6 is 0 Å². The fourth-order valence-corrected chi connectivity index (χ4v) is 4.45. The normalized spacial score (nSPS) is 19.3. The first kappa shape index (κ1) is 22.7. The molecule has 35 heavy (non-hydrogen) atoms. The number of aromatic nitrogens is 2. The summed E-state index contributed by atoms with van der Waals surface area (Å²) in [6, 6.07) is 11.1. The first-order valence-electron chi connectivity index (χ1n) is 11.2. The molecule has 2 aliphatic rings. The molecule has 1 saturated carbocycles. The number of imidazole rings is 1. The molecule has 0 spiro atoms. The maximum atomic E-state index is 13.6. The lowest BCUT2D eigenvalue weighted by molar-refractivity contribution is -0.133. The Bertz CT molecular complexity index is 1320. The monoisotopic (exact) mass is 479 g/mol. The SMILES string of the molecule is CC1(C(=O)NCc2ccc(F)cc2)Cn2cnc(C(=O)Nc3cccc(F)c3)c2C(=O)N1C1CC1. The molecule has 2 N–H and O–H groups in total. The van der Waals surface area contributed by atoms with Gasteiger partial charge in [0.25, 0.3) is 11.8 Å². The third-order valence-corrected chi connectivity index (χ3v) is 6.33. The summed E-state index contributed by atoms with van der Waals surface area (Å²) < 4.78 is 28.2. The van der Waals surface area contributed by atoms with Crippen LogP contribution in [0.3, 0.4) is 0 Å². The Balaban J connectivity index is 1.40. The summed E-state index contributed by atoms with van der Waals surface area (Å²) in [6.07, 6.45) is 2.88. The highest BCUT2D eigenvalue weighted by atomic mass is 19.1. The van der Waals surface area contributed by atoms with Crippen LogP contribution in [0.4, 0.5) is 14.5 Å². The average molecular weight is 479 g/mol. The fourth-order valence-electron chi connectivity index (χ4n) is 4.45. The summed E-state index contributed by atoms with van der Waals surface area (Å²) in [5.41, 5.74) is -0.233. The van der Waals surface area contributed by atoms with Gasteiger partial charge in [-0.05, 0) is 55.7 Å². The van der Waals surface area contributed by atoms with Gasteiger partial charge < -0.3 is 20.1 Å². The molecular formula is C25H23F2N5O3. The Labute approximate surface area is 199 Å². The number of benzene rings is 2. The van der Waals surface area contributed by atoms with Crippen molar-refractivity contribution in [2.45, 2.75) is 44.4 Å². The molecule has 1 atom stereocenters. The third-order valence-electron chi connectivity index (χ3n) is 6.33. The van der Waals surface area contributed by atoms with E-state index in [9.17, 15) is 23.2 Å². The van der Waals surface area contributed by atoms with Gasteiger partial charge in [0, 0.05) is 18.3 Å². The molecule has 3 amide bonds. The van der Waals surface area contributed by atoms with Gasteiger partial charge >= 0.3 is 0 Å². The Morgan fingerprint density at radius 1 is 1.11 bits per heavy atom. The number of carbonyl (C=O) groups excluding carboxylic acids is 3. The van der Waals surface area contributed by atoms with Crippen LogP contribution < -0.4 is 10.6 Å². The van der Waals surface area contributed by atoms with E-state index in [0.29, 0.717) is 0 Å². The van der Waals surface area contributed by atoms with E-state index in [1.54, 1.807) is 24.0 Å². The first-order chi connectivity index (χ1) is 16.8. The van der Waals surface area contributed by atoms with Crippen LogP contribution in [0.5, 0.6) is 0 Å². The summed E-state index contributed by atoms with van der Waals surface area (Å²) >= 11 is 0. The lowest BCUT2D eigenvalue weighted by Gasteiger charge is -2.44. The third kappa shape index (κ3) is 4.27. The minimum atomic E-state index is -1.21. The van der Waals surface area contributed by atoms with E-state index in [2.05, 4.69) is 15.6 Å². The van der Waals surface area contributed by atoms with Crippen molar-refractivity contribution >= 4 is 23.4 Å².